The molecule has 2 atom stereocenters. The van der Waals surface area contributed by atoms with Crippen molar-refractivity contribution in [2.24, 2.45) is 20.8 Å². The lowest BCUT2D eigenvalue weighted by Crippen LogP contribution is -2.35. The van der Waals surface area contributed by atoms with E-state index in [2.05, 4.69) is 9.98 Å². The van der Waals surface area contributed by atoms with Crippen molar-refractivity contribution in [2.45, 2.75) is 41.5 Å². The van der Waals surface area contributed by atoms with Gasteiger partial charge >= 0.3 is 23.9 Å². The summed E-state index contributed by atoms with van der Waals surface area (Å²) in [4.78, 5) is 55.6. The molecule has 2 unspecified atom stereocenters. The van der Waals surface area contributed by atoms with Crippen molar-refractivity contribution in [3.63, 3.8) is 0 Å². The van der Waals surface area contributed by atoms with Gasteiger partial charge in [0.15, 0.2) is 0 Å². The highest BCUT2D eigenvalue weighted by molar-refractivity contribution is 6.13. The molecule has 2 aliphatic rings. The summed E-state index contributed by atoms with van der Waals surface area (Å²) in [5.41, 5.74) is 3.07. The molecule has 10 nitrogen and oxygen atoms in total. The van der Waals surface area contributed by atoms with E-state index >= 15 is 0 Å². The molecule has 0 fully saturated rings. The zero-order valence-electron chi connectivity index (χ0n) is 24.1. The SMILES string of the molecule is CC=C1/C(=C(\C=NCC(=O)O)C(=O)OC)C(C)=CC1(C)C1(C)C=C(C)C(=C(/C=NCC(=O)O)C(=O)OC)/C1=C\C. The third-order valence-electron chi connectivity index (χ3n) is 7.36. The van der Waals surface area contributed by atoms with Crippen LogP contribution in [0.4, 0.5) is 0 Å². The van der Waals surface area contributed by atoms with Crippen LogP contribution >= 0.6 is 0 Å². The summed E-state index contributed by atoms with van der Waals surface area (Å²) in [6.45, 7) is 10.5. The minimum Gasteiger partial charge on any atom is -0.480 e. The van der Waals surface area contributed by atoms with Crippen LogP contribution in [0.15, 0.2) is 78.9 Å². The number of nitrogens with zero attached hydrogens (tertiary/aromatic N) is 2. The number of carbonyl (C=O) groups is 4. The van der Waals surface area contributed by atoms with Gasteiger partial charge in [0, 0.05) is 23.3 Å². The molecule has 0 aromatic carbocycles. The Hall–Kier alpha value is -4.34. The number of ether oxygens (including phenoxy) is 2. The molecule has 0 bridgehead atoms. The summed E-state index contributed by atoms with van der Waals surface area (Å²) in [6, 6.07) is 0. The van der Waals surface area contributed by atoms with Crippen LogP contribution in [0.3, 0.4) is 0 Å². The smallest absolute Gasteiger partial charge is 0.340 e. The number of aliphatic imine (C=N–C) groups is 2. The van der Waals surface area contributed by atoms with Gasteiger partial charge in [-0.15, -0.1) is 0 Å². The molecule has 0 amide bonds. The Bertz CT molecular complexity index is 1270. The van der Waals surface area contributed by atoms with Gasteiger partial charge in [-0.3, -0.25) is 19.6 Å². The number of methoxy groups -OCH3 is 2. The van der Waals surface area contributed by atoms with E-state index in [4.69, 9.17) is 19.7 Å². The summed E-state index contributed by atoms with van der Waals surface area (Å²) in [5.74, 6) is -3.58. The Kier molecular flexibility index (Phi) is 10.1. The molecule has 0 radical (unpaired) electrons. The minimum atomic E-state index is -1.13. The van der Waals surface area contributed by atoms with Gasteiger partial charge in [-0.25, -0.2) is 9.59 Å². The number of carboxylic acid groups (broad SMARTS) is 2. The lowest BCUT2D eigenvalue weighted by Gasteiger charge is -2.42. The van der Waals surface area contributed by atoms with E-state index in [1.807, 2.05) is 65.8 Å². The van der Waals surface area contributed by atoms with Crippen LogP contribution < -0.4 is 0 Å². The van der Waals surface area contributed by atoms with Crippen LogP contribution in [0.25, 0.3) is 0 Å². The number of hydrogen-bond donors (Lipinski definition) is 2. The first kappa shape index (κ1) is 31.9. The van der Waals surface area contributed by atoms with E-state index < -0.39 is 47.8 Å². The van der Waals surface area contributed by atoms with Gasteiger partial charge in [-0.1, -0.05) is 38.2 Å². The Morgan fingerprint density at radius 2 is 1.07 bits per heavy atom. The predicted molar refractivity (Wildman–Crippen MR) is 151 cm³/mol. The van der Waals surface area contributed by atoms with Crippen LogP contribution in [0.1, 0.15) is 41.5 Å². The highest BCUT2D eigenvalue weighted by atomic mass is 16.5. The monoisotopic (exact) mass is 552 g/mol. The van der Waals surface area contributed by atoms with Gasteiger partial charge in [0.1, 0.15) is 13.1 Å². The fourth-order valence-electron chi connectivity index (χ4n) is 5.66. The third kappa shape index (κ3) is 5.80. The Morgan fingerprint density at radius 1 is 0.750 bits per heavy atom. The highest BCUT2D eigenvalue weighted by Gasteiger charge is 2.54. The molecule has 2 N–H and O–H groups in total. The van der Waals surface area contributed by atoms with E-state index in [1.54, 1.807) is 0 Å². The summed E-state index contributed by atoms with van der Waals surface area (Å²) in [6.07, 6.45) is 10.3. The zero-order valence-corrected chi connectivity index (χ0v) is 24.1. The molecule has 2 aliphatic carbocycles. The maximum atomic E-state index is 12.9. The third-order valence-corrected chi connectivity index (χ3v) is 7.36. The van der Waals surface area contributed by atoms with Gasteiger partial charge < -0.3 is 19.7 Å². The molecular formula is C30H36N2O8. The first-order valence-corrected chi connectivity index (χ1v) is 12.6. The Balaban J connectivity index is 2.86. The molecule has 0 heterocycles. The lowest BCUT2D eigenvalue weighted by atomic mass is 9.59. The first-order chi connectivity index (χ1) is 18.7. The lowest BCUT2D eigenvalue weighted by molar-refractivity contribution is -0.136. The minimum absolute atomic E-state index is 0.130. The van der Waals surface area contributed by atoms with E-state index in [1.165, 1.54) is 26.6 Å². The summed E-state index contributed by atoms with van der Waals surface area (Å²) >= 11 is 0. The second-order valence-corrected chi connectivity index (χ2v) is 9.75. The number of rotatable bonds is 9. The molecule has 0 aromatic heterocycles. The number of esters is 2. The molecule has 214 valence electrons. The number of hydrogen-bond acceptors (Lipinski definition) is 8. The Labute approximate surface area is 233 Å². The van der Waals surface area contributed by atoms with Crippen molar-refractivity contribution in [1.82, 2.24) is 0 Å². The van der Waals surface area contributed by atoms with Crippen LogP contribution in [-0.2, 0) is 28.7 Å². The van der Waals surface area contributed by atoms with Crippen LogP contribution in [0, 0.1) is 10.8 Å². The van der Waals surface area contributed by atoms with Crippen LogP contribution in [-0.4, -0.2) is 73.8 Å². The number of aliphatic carboxylic acids is 2. The topological polar surface area (TPSA) is 152 Å². The van der Waals surface area contributed by atoms with Crippen molar-refractivity contribution < 1.29 is 38.9 Å². The molecule has 0 spiro atoms. The highest BCUT2D eigenvalue weighted by Crippen LogP contribution is 2.63. The quantitative estimate of drug-likeness (QED) is 0.247. The zero-order chi connectivity index (χ0) is 30.4. The molecule has 0 aliphatic heterocycles. The average molecular weight is 553 g/mol. The summed E-state index contributed by atoms with van der Waals surface area (Å²) in [5, 5.41) is 18.1. The van der Waals surface area contributed by atoms with Gasteiger partial charge in [0.25, 0.3) is 0 Å². The van der Waals surface area contributed by atoms with E-state index in [-0.39, 0.29) is 11.1 Å². The van der Waals surface area contributed by atoms with Crippen LogP contribution in [0.2, 0.25) is 0 Å². The van der Waals surface area contributed by atoms with E-state index in [0.29, 0.717) is 11.1 Å². The standard InChI is InChI=1S/C30H36N2O8/c1-9-21-25(19(27(37)39-7)13-31-15-23(33)34)17(3)11-29(21,5)30(6)12-18(4)26(22(30)10-2)20(28(38)40-8)14-32-16-24(35)36/h9-14H,15-16H2,1-8H3,(H,33,34)(H,35,36)/b21-9+,22-10?,25-19+,26-20+,31-13?,32-14?. The van der Waals surface area contributed by atoms with Crippen molar-refractivity contribution >= 4 is 36.3 Å². The van der Waals surface area contributed by atoms with Gasteiger partial charge in [0.05, 0.1) is 25.4 Å². The molecule has 2 rings (SSSR count). The Morgan fingerprint density at radius 3 is 1.32 bits per heavy atom. The van der Waals surface area contributed by atoms with Gasteiger partial charge in [-0.2, -0.15) is 0 Å². The van der Waals surface area contributed by atoms with Crippen molar-refractivity contribution in [2.75, 3.05) is 27.3 Å². The second kappa shape index (κ2) is 12.7. The van der Waals surface area contributed by atoms with Gasteiger partial charge in [-0.05, 0) is 61.1 Å². The maximum absolute atomic E-state index is 12.9. The molecule has 10 heteroatoms. The summed E-state index contributed by atoms with van der Waals surface area (Å²) < 4.78 is 10.0. The second-order valence-electron chi connectivity index (χ2n) is 9.75. The number of carbonyl (C=O) groups excluding carboxylic acids is 2. The number of allylic oxidation sites excluding steroid dienone is 10. The van der Waals surface area contributed by atoms with Crippen molar-refractivity contribution in [1.29, 1.82) is 0 Å². The van der Waals surface area contributed by atoms with E-state index in [0.717, 1.165) is 22.3 Å². The molecule has 40 heavy (non-hydrogen) atoms. The molecule has 0 saturated carbocycles. The first-order valence-electron chi connectivity index (χ1n) is 12.6. The maximum Gasteiger partial charge on any atom is 0.340 e. The normalized spacial score (nSPS) is 27.3. The van der Waals surface area contributed by atoms with E-state index in [9.17, 15) is 19.2 Å². The average Bonchev–Trinajstić information content (AvgIpc) is 3.32. The summed E-state index contributed by atoms with van der Waals surface area (Å²) in [7, 11) is 2.49. The predicted octanol–water partition coefficient (Wildman–Crippen LogP) is 4.06. The van der Waals surface area contributed by atoms with Crippen LogP contribution in [0.5, 0.6) is 0 Å². The number of carboxylic acids is 2. The van der Waals surface area contributed by atoms with Crippen molar-refractivity contribution in [3.05, 3.63) is 68.9 Å². The fourth-order valence-corrected chi connectivity index (χ4v) is 5.66. The molecule has 0 saturated heterocycles. The molecule has 0 aromatic rings. The van der Waals surface area contributed by atoms with Crippen molar-refractivity contribution in [3.8, 4) is 0 Å². The molecular weight excluding hydrogens is 516 g/mol. The fraction of sp³-hybridized carbons (Fsp3) is 0.400. The largest absolute Gasteiger partial charge is 0.480 e. The van der Waals surface area contributed by atoms with Gasteiger partial charge in [0.2, 0.25) is 0 Å².